The molecule has 182 valence electrons. The van der Waals surface area contributed by atoms with Crippen LogP contribution in [-0.2, 0) is 20.0 Å². The highest BCUT2D eigenvalue weighted by molar-refractivity contribution is 7.15. The Morgan fingerprint density at radius 2 is 1.78 bits per heavy atom. The highest BCUT2D eigenvalue weighted by Crippen LogP contribution is 2.32. The molecule has 0 fully saturated rings. The number of ketones is 1. The van der Waals surface area contributed by atoms with Gasteiger partial charge in [-0.25, -0.2) is 0 Å². The maximum Gasteiger partial charge on any atom is 0.268 e. The zero-order valence-electron chi connectivity index (χ0n) is 20.1. The lowest BCUT2D eigenvalue weighted by molar-refractivity contribution is 0.0941. The van der Waals surface area contributed by atoms with E-state index in [0.717, 1.165) is 22.2 Å². The van der Waals surface area contributed by atoms with Crippen molar-refractivity contribution in [2.24, 2.45) is 7.05 Å². The van der Waals surface area contributed by atoms with Gasteiger partial charge in [0, 0.05) is 28.4 Å². The van der Waals surface area contributed by atoms with Gasteiger partial charge in [-0.3, -0.25) is 14.2 Å². The van der Waals surface area contributed by atoms with E-state index in [1.165, 1.54) is 11.3 Å². The quantitative estimate of drug-likeness (QED) is 0.289. The molecule has 1 N–H and O–H groups in total. The number of rotatable bonds is 7. The second-order valence-electron chi connectivity index (χ2n) is 8.42. The molecule has 0 unspecified atom stereocenters. The molecule has 5 aromatic rings. The van der Waals surface area contributed by atoms with Crippen LogP contribution in [0.5, 0.6) is 0 Å². The number of hydrogen-bond acceptors (Lipinski definition) is 5. The summed E-state index contributed by atoms with van der Waals surface area (Å²) in [6, 6.07) is 18.6. The van der Waals surface area contributed by atoms with Gasteiger partial charge in [-0.15, -0.1) is 21.5 Å². The molecule has 2 aromatic carbocycles. The van der Waals surface area contributed by atoms with Gasteiger partial charge in [0.2, 0.25) is 0 Å². The highest BCUT2D eigenvalue weighted by Gasteiger charge is 2.24. The molecule has 9 heteroatoms. The fourth-order valence-electron chi connectivity index (χ4n) is 4.27. The molecule has 3 heterocycles. The first-order chi connectivity index (χ1) is 17.4. The Balaban J connectivity index is 1.47. The molecule has 0 bridgehead atoms. The molecule has 1 amide bonds. The third kappa shape index (κ3) is 4.23. The molecule has 3 aromatic heterocycles. The molecule has 0 aliphatic carbocycles. The number of para-hydroxylation sites is 1. The lowest BCUT2D eigenvalue weighted by atomic mass is 10.0. The van der Waals surface area contributed by atoms with Crippen LogP contribution < -0.4 is 5.32 Å². The molecule has 7 nitrogen and oxygen atoms in total. The number of carbonyl (C=O) groups is 2. The fourth-order valence-corrected chi connectivity index (χ4v) is 5.65. The van der Waals surface area contributed by atoms with Crippen molar-refractivity contribution in [3.8, 4) is 5.00 Å². The largest absolute Gasteiger partial charge is 0.343 e. The third-order valence-corrected chi connectivity index (χ3v) is 7.76. The molecule has 0 aliphatic rings. The van der Waals surface area contributed by atoms with Gasteiger partial charge in [0.25, 0.3) is 5.91 Å². The average molecular weight is 518 g/mol. The van der Waals surface area contributed by atoms with E-state index in [4.69, 9.17) is 11.6 Å². The first-order valence-electron chi connectivity index (χ1n) is 11.5. The van der Waals surface area contributed by atoms with E-state index in [0.29, 0.717) is 38.5 Å². The van der Waals surface area contributed by atoms with E-state index in [9.17, 15) is 9.59 Å². The maximum atomic E-state index is 13.5. The van der Waals surface area contributed by atoms with Crippen molar-refractivity contribution in [2.45, 2.75) is 26.8 Å². The molecular formula is C27H24ClN5O2S. The minimum Gasteiger partial charge on any atom is -0.343 e. The SMILES string of the molecule is CCc1cc(C(=O)c2ccccc2Cl)c(-n2c(C)nnc2CNC(=O)c2cc3ccccc3n2C)s1. The molecular weight excluding hydrogens is 494 g/mol. The Morgan fingerprint density at radius 3 is 2.53 bits per heavy atom. The number of nitrogens with one attached hydrogen (secondary N) is 1. The summed E-state index contributed by atoms with van der Waals surface area (Å²) in [6.07, 6.45) is 0.780. The number of fused-ring (bicyclic) bond motifs is 1. The smallest absolute Gasteiger partial charge is 0.268 e. The molecule has 0 spiro atoms. The van der Waals surface area contributed by atoms with Crippen LogP contribution in [-0.4, -0.2) is 31.0 Å². The normalized spacial score (nSPS) is 11.2. The first kappa shape index (κ1) is 24.0. The van der Waals surface area contributed by atoms with Crippen LogP contribution in [0.4, 0.5) is 0 Å². The molecule has 36 heavy (non-hydrogen) atoms. The topological polar surface area (TPSA) is 81.8 Å². The summed E-state index contributed by atoms with van der Waals surface area (Å²) in [5.74, 6) is 0.790. The lowest BCUT2D eigenvalue weighted by Crippen LogP contribution is -2.26. The summed E-state index contributed by atoms with van der Waals surface area (Å²) in [7, 11) is 1.87. The van der Waals surface area contributed by atoms with Crippen LogP contribution in [0.3, 0.4) is 0 Å². The molecule has 0 saturated heterocycles. The molecule has 5 rings (SSSR count). The van der Waals surface area contributed by atoms with E-state index in [1.807, 2.05) is 66.4 Å². The second-order valence-corrected chi connectivity index (χ2v) is 9.95. The van der Waals surface area contributed by atoms with Crippen LogP contribution in [0.1, 0.15) is 49.9 Å². The predicted octanol–water partition coefficient (Wildman–Crippen LogP) is 5.51. The molecule has 0 saturated carbocycles. The second kappa shape index (κ2) is 9.72. The Labute approximate surface area is 217 Å². The van der Waals surface area contributed by atoms with Crippen molar-refractivity contribution in [2.75, 3.05) is 0 Å². The summed E-state index contributed by atoms with van der Waals surface area (Å²) in [5, 5.41) is 13.6. The number of aryl methyl sites for hydroxylation is 3. The van der Waals surface area contributed by atoms with Crippen LogP contribution in [0.2, 0.25) is 5.02 Å². The van der Waals surface area contributed by atoms with Gasteiger partial charge < -0.3 is 9.88 Å². The average Bonchev–Trinajstić information content (AvgIpc) is 3.57. The van der Waals surface area contributed by atoms with Crippen molar-refractivity contribution < 1.29 is 9.59 Å². The number of amides is 1. The van der Waals surface area contributed by atoms with Crippen molar-refractivity contribution in [3.63, 3.8) is 0 Å². The number of aromatic nitrogens is 4. The third-order valence-electron chi connectivity index (χ3n) is 6.16. The van der Waals surface area contributed by atoms with Gasteiger partial charge in [0.1, 0.15) is 16.5 Å². The lowest BCUT2D eigenvalue weighted by Gasteiger charge is -2.11. The number of halogens is 1. The van der Waals surface area contributed by atoms with Crippen LogP contribution in [0.25, 0.3) is 15.9 Å². The monoisotopic (exact) mass is 517 g/mol. The Morgan fingerprint density at radius 1 is 1.03 bits per heavy atom. The van der Waals surface area contributed by atoms with Gasteiger partial charge in [-0.2, -0.15) is 0 Å². The number of nitrogens with zero attached hydrogens (tertiary/aromatic N) is 4. The Bertz CT molecular complexity index is 1610. The Kier molecular flexibility index (Phi) is 6.47. The summed E-state index contributed by atoms with van der Waals surface area (Å²) in [6.45, 7) is 4.03. The fraction of sp³-hybridized carbons (Fsp3) is 0.185. The van der Waals surface area contributed by atoms with Gasteiger partial charge in [0.05, 0.1) is 17.1 Å². The highest BCUT2D eigenvalue weighted by atomic mass is 35.5. The summed E-state index contributed by atoms with van der Waals surface area (Å²) >= 11 is 7.85. The van der Waals surface area contributed by atoms with Crippen LogP contribution in [0, 0.1) is 6.92 Å². The Hall–Kier alpha value is -3.75. The number of benzene rings is 2. The predicted molar refractivity (Wildman–Crippen MR) is 142 cm³/mol. The summed E-state index contributed by atoms with van der Waals surface area (Å²) in [5.41, 5.74) is 2.51. The number of carbonyl (C=O) groups excluding carboxylic acids is 2. The van der Waals surface area contributed by atoms with Crippen molar-refractivity contribution in [1.29, 1.82) is 0 Å². The zero-order valence-corrected chi connectivity index (χ0v) is 21.7. The van der Waals surface area contributed by atoms with Gasteiger partial charge >= 0.3 is 0 Å². The van der Waals surface area contributed by atoms with E-state index >= 15 is 0 Å². The van der Waals surface area contributed by atoms with E-state index < -0.39 is 0 Å². The van der Waals surface area contributed by atoms with Gasteiger partial charge in [0.15, 0.2) is 11.6 Å². The van der Waals surface area contributed by atoms with E-state index in [-0.39, 0.29) is 18.2 Å². The molecule has 0 aliphatic heterocycles. The summed E-state index contributed by atoms with van der Waals surface area (Å²) < 4.78 is 3.71. The van der Waals surface area contributed by atoms with E-state index in [1.54, 1.807) is 24.3 Å². The van der Waals surface area contributed by atoms with Crippen molar-refractivity contribution >= 4 is 45.5 Å². The van der Waals surface area contributed by atoms with Gasteiger partial charge in [-0.1, -0.05) is 48.9 Å². The molecule has 0 radical (unpaired) electrons. The van der Waals surface area contributed by atoms with Crippen molar-refractivity contribution in [3.05, 3.63) is 99.0 Å². The number of thiophene rings is 1. The first-order valence-corrected chi connectivity index (χ1v) is 12.7. The van der Waals surface area contributed by atoms with Crippen LogP contribution >= 0.6 is 22.9 Å². The number of hydrogen-bond donors (Lipinski definition) is 1. The summed E-state index contributed by atoms with van der Waals surface area (Å²) in [4.78, 5) is 27.6. The van der Waals surface area contributed by atoms with Crippen molar-refractivity contribution in [1.82, 2.24) is 24.6 Å². The minimum atomic E-state index is -0.214. The maximum absolute atomic E-state index is 13.5. The standard InChI is InChI=1S/C27H24ClN5O2S/c1-4-18-14-20(25(34)19-10-6-7-11-21(19)28)27(36-18)33-16(2)30-31-24(33)15-29-26(35)23-13-17-9-5-8-12-22(17)32(23)3/h5-14H,4,15H2,1-3H3,(H,29,35). The van der Waals surface area contributed by atoms with E-state index in [2.05, 4.69) is 15.5 Å². The van der Waals surface area contributed by atoms with Crippen LogP contribution in [0.15, 0.2) is 60.7 Å². The molecule has 0 atom stereocenters. The minimum absolute atomic E-state index is 0.153. The van der Waals surface area contributed by atoms with Gasteiger partial charge in [-0.05, 0) is 43.7 Å². The zero-order chi connectivity index (χ0) is 25.4.